The van der Waals surface area contributed by atoms with Crippen LogP contribution in [0.2, 0.25) is 0 Å². The Morgan fingerprint density at radius 1 is 1.50 bits per heavy atom. The highest BCUT2D eigenvalue weighted by Gasteiger charge is 2.21. The molecule has 16 heavy (non-hydrogen) atoms. The van der Waals surface area contributed by atoms with Crippen LogP contribution in [0.25, 0.3) is 0 Å². The van der Waals surface area contributed by atoms with Gasteiger partial charge in [0.15, 0.2) is 0 Å². The summed E-state index contributed by atoms with van der Waals surface area (Å²) in [6.07, 6.45) is 0. The third-order valence-corrected chi connectivity index (χ3v) is 2.59. The second-order valence-electron chi connectivity index (χ2n) is 4.46. The predicted octanol–water partition coefficient (Wildman–Crippen LogP) is 1.36. The fourth-order valence-corrected chi connectivity index (χ4v) is 1.19. The summed E-state index contributed by atoms with van der Waals surface area (Å²) in [6.45, 7) is 5.32. The number of hydrogen-bond acceptors (Lipinski definition) is 3. The number of aliphatic hydroxyl groups is 1. The molecule has 0 radical (unpaired) electrons. The first-order valence-electron chi connectivity index (χ1n) is 5.19. The number of benzene rings is 1. The number of primary amides is 1. The van der Waals surface area contributed by atoms with Crippen LogP contribution in [0.5, 0.6) is 0 Å². The lowest BCUT2D eigenvalue weighted by atomic mass is 10.0. The summed E-state index contributed by atoms with van der Waals surface area (Å²) >= 11 is 0. The van der Waals surface area contributed by atoms with Gasteiger partial charge in [0, 0.05) is 11.3 Å². The summed E-state index contributed by atoms with van der Waals surface area (Å²) < 4.78 is 0. The highest BCUT2D eigenvalue weighted by atomic mass is 16.3. The van der Waals surface area contributed by atoms with Crippen molar-refractivity contribution in [2.45, 2.75) is 32.4 Å². The van der Waals surface area contributed by atoms with Crippen LogP contribution in [0, 0.1) is 0 Å². The van der Waals surface area contributed by atoms with Gasteiger partial charge in [0.05, 0.1) is 11.6 Å². The molecule has 1 atom stereocenters. The molecule has 0 heterocycles. The van der Waals surface area contributed by atoms with E-state index >= 15 is 0 Å². The van der Waals surface area contributed by atoms with Crippen molar-refractivity contribution in [3.8, 4) is 0 Å². The molecule has 0 saturated carbocycles. The Labute approximate surface area is 95.5 Å². The van der Waals surface area contributed by atoms with Gasteiger partial charge in [-0.2, -0.15) is 0 Å². The van der Waals surface area contributed by atoms with Crippen molar-refractivity contribution >= 4 is 11.6 Å². The van der Waals surface area contributed by atoms with Crippen LogP contribution < -0.4 is 11.1 Å². The molecule has 4 heteroatoms. The van der Waals surface area contributed by atoms with E-state index in [1.54, 1.807) is 32.0 Å². The Morgan fingerprint density at radius 2 is 2.12 bits per heavy atom. The van der Waals surface area contributed by atoms with Crippen LogP contribution in [0.3, 0.4) is 0 Å². The molecule has 0 fully saturated rings. The van der Waals surface area contributed by atoms with Gasteiger partial charge in [0.2, 0.25) is 5.91 Å². The number of hydrogen-bond donors (Lipinski definition) is 3. The normalized spacial score (nSPS) is 13.2. The Bertz CT molecular complexity index is 383. The predicted molar refractivity (Wildman–Crippen MR) is 64.3 cm³/mol. The molecule has 1 aromatic carbocycles. The molecule has 0 saturated heterocycles. The zero-order valence-corrected chi connectivity index (χ0v) is 9.82. The minimum absolute atomic E-state index is 0.129. The van der Waals surface area contributed by atoms with E-state index in [1.165, 1.54) is 0 Å². The van der Waals surface area contributed by atoms with Gasteiger partial charge in [-0.3, -0.25) is 4.79 Å². The van der Waals surface area contributed by atoms with E-state index in [2.05, 4.69) is 5.32 Å². The molecule has 1 amide bonds. The van der Waals surface area contributed by atoms with Crippen LogP contribution in [-0.4, -0.2) is 22.7 Å². The van der Waals surface area contributed by atoms with Gasteiger partial charge in [0.25, 0.3) is 0 Å². The molecule has 0 aromatic heterocycles. The summed E-state index contributed by atoms with van der Waals surface area (Å²) in [4.78, 5) is 11.0. The molecule has 0 aliphatic carbocycles. The third kappa shape index (κ3) is 3.24. The third-order valence-electron chi connectivity index (χ3n) is 2.59. The number of nitrogens with one attached hydrogen (secondary N) is 1. The molecule has 0 spiro atoms. The van der Waals surface area contributed by atoms with Crippen molar-refractivity contribution in [1.82, 2.24) is 0 Å². The number of carbonyl (C=O) groups is 1. The van der Waals surface area contributed by atoms with E-state index in [4.69, 9.17) is 5.73 Å². The first kappa shape index (κ1) is 12.5. The van der Waals surface area contributed by atoms with E-state index in [0.717, 1.165) is 5.69 Å². The highest BCUT2D eigenvalue weighted by molar-refractivity contribution is 5.93. The lowest BCUT2D eigenvalue weighted by molar-refractivity contribution is 0.0649. The molecular weight excluding hydrogens is 204 g/mol. The topological polar surface area (TPSA) is 75.3 Å². The van der Waals surface area contributed by atoms with E-state index in [0.29, 0.717) is 5.56 Å². The zero-order chi connectivity index (χ0) is 12.3. The van der Waals surface area contributed by atoms with Gasteiger partial charge < -0.3 is 16.2 Å². The van der Waals surface area contributed by atoms with Crippen LogP contribution >= 0.6 is 0 Å². The molecule has 0 aliphatic rings. The average Bonchev–Trinajstić information content (AvgIpc) is 2.16. The number of nitrogens with two attached hydrogens (primary N) is 1. The van der Waals surface area contributed by atoms with Crippen molar-refractivity contribution in [3.63, 3.8) is 0 Å². The van der Waals surface area contributed by atoms with Crippen molar-refractivity contribution in [3.05, 3.63) is 29.8 Å². The highest BCUT2D eigenvalue weighted by Crippen LogP contribution is 2.16. The molecule has 4 N–H and O–H groups in total. The minimum Gasteiger partial charge on any atom is -0.388 e. The van der Waals surface area contributed by atoms with Crippen LogP contribution in [-0.2, 0) is 0 Å². The van der Waals surface area contributed by atoms with E-state index in [-0.39, 0.29) is 6.04 Å². The maximum absolute atomic E-state index is 11.0. The van der Waals surface area contributed by atoms with Gasteiger partial charge in [-0.05, 0) is 39.0 Å². The Morgan fingerprint density at radius 3 is 2.62 bits per heavy atom. The van der Waals surface area contributed by atoms with Gasteiger partial charge in [0.1, 0.15) is 0 Å². The molecule has 88 valence electrons. The lowest BCUT2D eigenvalue weighted by Crippen LogP contribution is -2.39. The number of anilines is 1. The molecule has 1 aromatic rings. The fraction of sp³-hybridized carbons (Fsp3) is 0.417. The van der Waals surface area contributed by atoms with E-state index < -0.39 is 11.5 Å². The Kier molecular flexibility index (Phi) is 3.55. The van der Waals surface area contributed by atoms with Crippen molar-refractivity contribution in [2.75, 3.05) is 5.32 Å². The number of carbonyl (C=O) groups excluding carboxylic acids is 1. The summed E-state index contributed by atoms with van der Waals surface area (Å²) in [5, 5.41) is 12.9. The van der Waals surface area contributed by atoms with E-state index in [1.807, 2.05) is 13.0 Å². The fourth-order valence-electron chi connectivity index (χ4n) is 1.19. The second-order valence-corrected chi connectivity index (χ2v) is 4.46. The van der Waals surface area contributed by atoms with Gasteiger partial charge in [-0.1, -0.05) is 6.07 Å². The smallest absolute Gasteiger partial charge is 0.248 e. The van der Waals surface area contributed by atoms with Crippen molar-refractivity contribution < 1.29 is 9.90 Å². The average molecular weight is 222 g/mol. The summed E-state index contributed by atoms with van der Waals surface area (Å²) in [6, 6.07) is 6.77. The molecular formula is C12H18N2O2. The van der Waals surface area contributed by atoms with Crippen LogP contribution in [0.4, 0.5) is 5.69 Å². The summed E-state index contributed by atoms with van der Waals surface area (Å²) in [5.74, 6) is -0.459. The van der Waals surface area contributed by atoms with Crippen LogP contribution in [0.1, 0.15) is 31.1 Å². The maximum atomic E-state index is 11.0. The van der Waals surface area contributed by atoms with Gasteiger partial charge in [-0.25, -0.2) is 0 Å². The molecule has 0 aliphatic heterocycles. The lowest BCUT2D eigenvalue weighted by Gasteiger charge is -2.27. The molecule has 4 nitrogen and oxygen atoms in total. The SMILES string of the molecule is CC(Nc1cccc(C(N)=O)c1)C(C)(C)O. The quantitative estimate of drug-likeness (QED) is 0.720. The second kappa shape index (κ2) is 4.53. The van der Waals surface area contributed by atoms with Crippen molar-refractivity contribution in [1.29, 1.82) is 0 Å². The minimum atomic E-state index is -0.831. The molecule has 0 bridgehead atoms. The summed E-state index contributed by atoms with van der Waals surface area (Å²) in [5.41, 5.74) is 5.57. The standard InChI is InChI=1S/C12H18N2O2/c1-8(12(2,3)16)14-10-6-4-5-9(7-10)11(13)15/h4-8,14,16H,1-3H3,(H2,13,15). The number of rotatable bonds is 4. The first-order chi connectivity index (χ1) is 7.30. The van der Waals surface area contributed by atoms with Gasteiger partial charge >= 0.3 is 0 Å². The first-order valence-corrected chi connectivity index (χ1v) is 5.19. The maximum Gasteiger partial charge on any atom is 0.248 e. The zero-order valence-electron chi connectivity index (χ0n) is 9.82. The number of amides is 1. The van der Waals surface area contributed by atoms with Gasteiger partial charge in [-0.15, -0.1) is 0 Å². The van der Waals surface area contributed by atoms with Crippen molar-refractivity contribution in [2.24, 2.45) is 5.73 Å². The molecule has 1 unspecified atom stereocenters. The molecule has 1 rings (SSSR count). The monoisotopic (exact) mass is 222 g/mol. The Hall–Kier alpha value is -1.55. The summed E-state index contributed by atoms with van der Waals surface area (Å²) in [7, 11) is 0. The van der Waals surface area contributed by atoms with E-state index in [9.17, 15) is 9.90 Å². The largest absolute Gasteiger partial charge is 0.388 e. The van der Waals surface area contributed by atoms with Crippen LogP contribution in [0.15, 0.2) is 24.3 Å². The Balaban J connectivity index is 2.82.